The fourth-order valence-electron chi connectivity index (χ4n) is 1.25. The molecule has 0 unspecified atom stereocenters. The molecule has 19 heavy (non-hydrogen) atoms. The van der Waals surface area contributed by atoms with E-state index in [0.29, 0.717) is 21.2 Å². The first kappa shape index (κ1) is 15.0. The molecule has 2 rings (SSSR count). The van der Waals surface area contributed by atoms with Gasteiger partial charge in [-0.1, -0.05) is 35.0 Å². The van der Waals surface area contributed by atoms with E-state index < -0.39 is 0 Å². The van der Waals surface area contributed by atoms with Gasteiger partial charge in [0.05, 0.1) is 11.6 Å². The molecule has 4 nitrogen and oxygen atoms in total. The first-order chi connectivity index (χ1) is 9.19. The molecular formula is C11H11Cl2N3OS2. The Kier molecular flexibility index (Phi) is 5.84. The second-order valence-electron chi connectivity index (χ2n) is 3.44. The lowest BCUT2D eigenvalue weighted by Crippen LogP contribution is -1.95. The summed E-state index contributed by atoms with van der Waals surface area (Å²) in [6.07, 6.45) is 0. The van der Waals surface area contributed by atoms with Crippen molar-refractivity contribution >= 4 is 46.7 Å². The summed E-state index contributed by atoms with van der Waals surface area (Å²) in [5, 5.41) is 9.60. The first-order valence-electron chi connectivity index (χ1n) is 5.42. The van der Waals surface area contributed by atoms with Gasteiger partial charge in [0, 0.05) is 21.4 Å². The molecule has 0 saturated carbocycles. The molecule has 0 aliphatic carbocycles. The normalized spacial score (nSPS) is 10.9. The van der Waals surface area contributed by atoms with Crippen LogP contribution in [-0.4, -0.2) is 21.7 Å². The number of aromatic nitrogens is 2. The average molecular weight is 336 g/mol. The molecule has 0 saturated heterocycles. The highest BCUT2D eigenvalue weighted by atomic mass is 35.5. The fraction of sp³-hybridized carbons (Fsp3) is 0.273. The Morgan fingerprint density at radius 2 is 1.95 bits per heavy atom. The van der Waals surface area contributed by atoms with Crippen molar-refractivity contribution in [3.8, 4) is 0 Å². The summed E-state index contributed by atoms with van der Waals surface area (Å²) in [7, 11) is 0. The van der Waals surface area contributed by atoms with Crippen LogP contribution in [0.2, 0.25) is 10.0 Å². The zero-order valence-electron chi connectivity index (χ0n) is 9.81. The number of thioether (sulfide) groups is 2. The summed E-state index contributed by atoms with van der Waals surface area (Å²) in [5.74, 6) is 2.15. The van der Waals surface area contributed by atoms with Gasteiger partial charge in [-0.15, -0.1) is 22.0 Å². The van der Waals surface area contributed by atoms with Gasteiger partial charge in [-0.05, 0) is 18.2 Å². The zero-order valence-corrected chi connectivity index (χ0v) is 13.0. The van der Waals surface area contributed by atoms with E-state index in [4.69, 9.17) is 33.4 Å². The third-order valence-electron chi connectivity index (χ3n) is 2.08. The third kappa shape index (κ3) is 4.57. The highest BCUT2D eigenvalue weighted by Gasteiger charge is 2.06. The van der Waals surface area contributed by atoms with Gasteiger partial charge in [0.25, 0.3) is 5.22 Å². The van der Waals surface area contributed by atoms with E-state index in [1.54, 1.807) is 23.9 Å². The Hall–Kier alpha value is -0.400. The molecule has 0 atom stereocenters. The Morgan fingerprint density at radius 1 is 1.16 bits per heavy atom. The summed E-state index contributed by atoms with van der Waals surface area (Å²) >= 11 is 15.1. The third-order valence-corrected chi connectivity index (χ3v) is 4.89. The van der Waals surface area contributed by atoms with Crippen LogP contribution in [-0.2, 0) is 6.54 Å². The lowest BCUT2D eigenvalue weighted by atomic mass is 10.4. The second-order valence-corrected chi connectivity index (χ2v) is 6.46. The molecule has 0 fully saturated rings. The minimum atomic E-state index is 0.264. The van der Waals surface area contributed by atoms with Crippen LogP contribution in [0.1, 0.15) is 5.89 Å². The van der Waals surface area contributed by atoms with E-state index in [1.165, 1.54) is 11.8 Å². The lowest BCUT2D eigenvalue weighted by molar-refractivity contribution is 0.415. The monoisotopic (exact) mass is 335 g/mol. The molecule has 0 spiro atoms. The number of halogens is 2. The van der Waals surface area contributed by atoms with Gasteiger partial charge in [0.1, 0.15) is 0 Å². The molecule has 2 aromatic rings. The standard InChI is InChI=1S/C11H11Cl2N3OS2/c12-7-1-2-8(13)9(5-7)18-3-4-19-11-16-15-10(6-14)17-11/h1-2,5H,3-4,6,14H2. The number of rotatable bonds is 6. The molecule has 0 bridgehead atoms. The molecule has 0 aliphatic rings. The molecule has 1 aromatic carbocycles. The zero-order chi connectivity index (χ0) is 13.7. The van der Waals surface area contributed by atoms with Crippen LogP contribution < -0.4 is 5.73 Å². The highest BCUT2D eigenvalue weighted by Crippen LogP contribution is 2.30. The van der Waals surface area contributed by atoms with Crippen molar-refractivity contribution in [2.75, 3.05) is 11.5 Å². The van der Waals surface area contributed by atoms with E-state index in [1.807, 2.05) is 6.07 Å². The number of hydrogen-bond donors (Lipinski definition) is 1. The number of nitrogens with zero attached hydrogens (tertiary/aromatic N) is 2. The van der Waals surface area contributed by atoms with Crippen LogP contribution in [0, 0.1) is 0 Å². The van der Waals surface area contributed by atoms with Crippen molar-refractivity contribution in [2.45, 2.75) is 16.7 Å². The van der Waals surface area contributed by atoms with Crippen molar-refractivity contribution < 1.29 is 4.42 Å². The van der Waals surface area contributed by atoms with E-state index in [9.17, 15) is 0 Å². The molecule has 102 valence electrons. The highest BCUT2D eigenvalue weighted by molar-refractivity contribution is 8.02. The molecule has 0 radical (unpaired) electrons. The maximum atomic E-state index is 6.07. The summed E-state index contributed by atoms with van der Waals surface area (Å²) in [6, 6.07) is 5.43. The maximum Gasteiger partial charge on any atom is 0.276 e. The summed E-state index contributed by atoms with van der Waals surface area (Å²) in [5.41, 5.74) is 5.39. The number of hydrogen-bond acceptors (Lipinski definition) is 6. The molecule has 8 heteroatoms. The average Bonchev–Trinajstić information content (AvgIpc) is 2.86. The van der Waals surface area contributed by atoms with Gasteiger partial charge < -0.3 is 10.2 Å². The van der Waals surface area contributed by atoms with Crippen LogP contribution in [0.25, 0.3) is 0 Å². The van der Waals surface area contributed by atoms with E-state index in [2.05, 4.69) is 10.2 Å². The van der Waals surface area contributed by atoms with Crippen molar-refractivity contribution in [3.63, 3.8) is 0 Å². The number of benzene rings is 1. The van der Waals surface area contributed by atoms with Gasteiger partial charge in [-0.2, -0.15) is 0 Å². The van der Waals surface area contributed by atoms with E-state index in [-0.39, 0.29) is 6.54 Å². The molecular weight excluding hydrogens is 325 g/mol. The van der Waals surface area contributed by atoms with Gasteiger partial charge >= 0.3 is 0 Å². The fourth-order valence-corrected chi connectivity index (χ4v) is 3.50. The Labute approximate surface area is 129 Å². The van der Waals surface area contributed by atoms with Crippen LogP contribution in [0.15, 0.2) is 32.7 Å². The quantitative estimate of drug-likeness (QED) is 0.641. The predicted molar refractivity (Wildman–Crippen MR) is 80.1 cm³/mol. The number of nitrogens with two attached hydrogens (primary N) is 1. The molecule has 0 aliphatic heterocycles. The maximum absolute atomic E-state index is 6.07. The smallest absolute Gasteiger partial charge is 0.276 e. The SMILES string of the molecule is NCc1nnc(SCCSc2cc(Cl)ccc2Cl)o1. The first-order valence-corrected chi connectivity index (χ1v) is 8.15. The van der Waals surface area contributed by atoms with E-state index in [0.717, 1.165) is 16.4 Å². The molecule has 1 aromatic heterocycles. The van der Waals surface area contributed by atoms with Gasteiger partial charge in [-0.25, -0.2) is 0 Å². The van der Waals surface area contributed by atoms with E-state index >= 15 is 0 Å². The van der Waals surface area contributed by atoms with Crippen LogP contribution in [0.5, 0.6) is 0 Å². The van der Waals surface area contributed by atoms with Crippen molar-refractivity contribution in [1.82, 2.24) is 10.2 Å². The largest absolute Gasteiger partial charge is 0.415 e. The van der Waals surface area contributed by atoms with Crippen LogP contribution >= 0.6 is 46.7 Å². The van der Waals surface area contributed by atoms with Crippen molar-refractivity contribution in [2.24, 2.45) is 5.73 Å². The van der Waals surface area contributed by atoms with Crippen LogP contribution in [0.3, 0.4) is 0 Å². The summed E-state index contributed by atoms with van der Waals surface area (Å²) in [6.45, 7) is 0.264. The van der Waals surface area contributed by atoms with Gasteiger partial charge in [-0.3, -0.25) is 0 Å². The van der Waals surface area contributed by atoms with Gasteiger partial charge in [0.2, 0.25) is 5.89 Å². The predicted octanol–water partition coefficient (Wildman–Crippen LogP) is 3.72. The summed E-state index contributed by atoms with van der Waals surface area (Å²) < 4.78 is 5.29. The molecule has 2 N–H and O–H groups in total. The van der Waals surface area contributed by atoms with Crippen LogP contribution in [0.4, 0.5) is 0 Å². The van der Waals surface area contributed by atoms with Gasteiger partial charge in [0.15, 0.2) is 0 Å². The van der Waals surface area contributed by atoms with Crippen molar-refractivity contribution in [3.05, 3.63) is 34.1 Å². The minimum Gasteiger partial charge on any atom is -0.415 e. The minimum absolute atomic E-state index is 0.264. The Bertz CT molecular complexity index is 550. The summed E-state index contributed by atoms with van der Waals surface area (Å²) in [4.78, 5) is 0.975. The Balaban J connectivity index is 1.79. The Morgan fingerprint density at radius 3 is 2.68 bits per heavy atom. The van der Waals surface area contributed by atoms with Crippen molar-refractivity contribution in [1.29, 1.82) is 0 Å². The molecule has 0 amide bonds. The lowest BCUT2D eigenvalue weighted by Gasteiger charge is -2.03. The second kappa shape index (κ2) is 7.40. The molecule has 1 heterocycles. The topological polar surface area (TPSA) is 64.9 Å².